The number of aromatic hydroxyl groups is 1. The van der Waals surface area contributed by atoms with E-state index < -0.39 is 0 Å². The van der Waals surface area contributed by atoms with Gasteiger partial charge < -0.3 is 9.52 Å². The minimum atomic E-state index is 0.0128. The summed E-state index contributed by atoms with van der Waals surface area (Å²) >= 11 is 1.49. The smallest absolute Gasteiger partial charge is 0.189 e. The molecule has 0 spiro atoms. The van der Waals surface area contributed by atoms with Crippen LogP contribution in [0.15, 0.2) is 52.0 Å². The second-order valence-electron chi connectivity index (χ2n) is 5.39. The molecule has 1 aromatic carbocycles. The van der Waals surface area contributed by atoms with Crippen LogP contribution < -0.4 is 0 Å². The lowest BCUT2D eigenvalue weighted by molar-refractivity contribution is 0.102. The molecule has 0 bridgehead atoms. The number of aromatic nitrogens is 1. The number of carbonyl (C=O) groups is 1. The Morgan fingerprint density at radius 1 is 1.26 bits per heavy atom. The fourth-order valence-corrected chi connectivity index (χ4v) is 3.49. The van der Waals surface area contributed by atoms with E-state index in [-0.39, 0.29) is 11.5 Å². The van der Waals surface area contributed by atoms with Crippen LogP contribution in [0.5, 0.6) is 5.75 Å². The van der Waals surface area contributed by atoms with Crippen molar-refractivity contribution in [2.45, 2.75) is 12.8 Å². The third kappa shape index (κ3) is 2.59. The quantitative estimate of drug-likeness (QED) is 0.713. The van der Waals surface area contributed by atoms with Gasteiger partial charge in [-0.15, -0.1) is 11.3 Å². The highest BCUT2D eigenvalue weighted by molar-refractivity contribution is 7.13. The Morgan fingerprint density at radius 3 is 3.00 bits per heavy atom. The standard InChI is InChI=1S/C18H13NO3S/c20-14-5-6-15-11(9-14)3-4-12(17(15)21)8-13-10-23-18(19-13)16-2-1-7-22-16/h1-2,5-10,20H,3-4H2/b12-8+. The molecule has 5 heteroatoms. The van der Waals surface area contributed by atoms with Crippen molar-refractivity contribution < 1.29 is 14.3 Å². The average Bonchev–Trinajstić information content (AvgIpc) is 3.21. The lowest BCUT2D eigenvalue weighted by Crippen LogP contribution is -2.13. The average molecular weight is 323 g/mol. The molecule has 1 aliphatic carbocycles. The molecule has 4 rings (SSSR count). The molecule has 0 saturated heterocycles. The first-order valence-electron chi connectivity index (χ1n) is 7.27. The number of ketones is 1. The normalized spacial score (nSPS) is 15.8. The number of Topliss-reactive ketones (excluding diaryl/α,β-unsaturated/α-hetero) is 1. The van der Waals surface area contributed by atoms with E-state index in [0.29, 0.717) is 12.0 Å². The molecule has 0 saturated carbocycles. The Morgan fingerprint density at radius 2 is 2.17 bits per heavy atom. The molecule has 0 unspecified atom stereocenters. The number of thiazole rings is 1. The summed E-state index contributed by atoms with van der Waals surface area (Å²) in [5.41, 5.74) is 3.09. The van der Waals surface area contributed by atoms with E-state index in [9.17, 15) is 9.90 Å². The SMILES string of the molecule is O=C1/C(=C/c2csc(-c3ccco3)n2)CCc2cc(O)ccc21. The molecule has 1 N–H and O–H groups in total. The van der Waals surface area contributed by atoms with Crippen molar-refractivity contribution in [3.05, 3.63) is 64.4 Å². The minimum Gasteiger partial charge on any atom is -0.508 e. The van der Waals surface area contributed by atoms with Crippen LogP contribution in [-0.2, 0) is 6.42 Å². The summed E-state index contributed by atoms with van der Waals surface area (Å²) in [5, 5.41) is 12.2. The molecule has 1 aliphatic rings. The lowest BCUT2D eigenvalue weighted by Gasteiger charge is -2.17. The first-order chi connectivity index (χ1) is 11.2. The maximum absolute atomic E-state index is 12.6. The fraction of sp³-hybridized carbons (Fsp3) is 0.111. The number of allylic oxidation sites excluding steroid dienone is 1. The summed E-state index contributed by atoms with van der Waals surface area (Å²) in [5.74, 6) is 0.945. The van der Waals surface area contributed by atoms with Gasteiger partial charge in [-0.1, -0.05) is 0 Å². The number of furan rings is 1. The Bertz CT molecular complexity index is 906. The van der Waals surface area contributed by atoms with Crippen molar-refractivity contribution in [3.63, 3.8) is 0 Å². The van der Waals surface area contributed by atoms with E-state index in [2.05, 4.69) is 4.98 Å². The highest BCUT2D eigenvalue weighted by Gasteiger charge is 2.22. The number of benzene rings is 1. The van der Waals surface area contributed by atoms with Crippen molar-refractivity contribution in [3.8, 4) is 16.5 Å². The number of phenolic OH excluding ortho intramolecular Hbond substituents is 1. The van der Waals surface area contributed by atoms with Gasteiger partial charge in [-0.2, -0.15) is 0 Å². The molecule has 0 radical (unpaired) electrons. The second-order valence-corrected chi connectivity index (χ2v) is 6.25. The third-order valence-electron chi connectivity index (χ3n) is 3.86. The van der Waals surface area contributed by atoms with Gasteiger partial charge in [-0.25, -0.2) is 4.98 Å². The first-order valence-corrected chi connectivity index (χ1v) is 8.15. The highest BCUT2D eigenvalue weighted by atomic mass is 32.1. The van der Waals surface area contributed by atoms with Crippen molar-refractivity contribution in [2.24, 2.45) is 0 Å². The van der Waals surface area contributed by atoms with Crippen LogP contribution in [-0.4, -0.2) is 15.9 Å². The maximum Gasteiger partial charge on any atom is 0.189 e. The predicted molar refractivity (Wildman–Crippen MR) is 88.6 cm³/mol. The van der Waals surface area contributed by atoms with Gasteiger partial charge in [0.05, 0.1) is 12.0 Å². The monoisotopic (exact) mass is 323 g/mol. The van der Waals surface area contributed by atoms with Gasteiger partial charge in [-0.3, -0.25) is 4.79 Å². The highest BCUT2D eigenvalue weighted by Crippen LogP contribution is 2.30. The van der Waals surface area contributed by atoms with Gasteiger partial charge >= 0.3 is 0 Å². The van der Waals surface area contributed by atoms with Crippen LogP contribution >= 0.6 is 11.3 Å². The Balaban J connectivity index is 1.65. The Kier molecular flexibility index (Phi) is 3.35. The number of carbonyl (C=O) groups excluding carboxylic acids is 1. The first kappa shape index (κ1) is 14.0. The molecule has 114 valence electrons. The van der Waals surface area contributed by atoms with E-state index in [4.69, 9.17) is 4.42 Å². The van der Waals surface area contributed by atoms with Crippen LogP contribution in [0.1, 0.15) is 28.0 Å². The number of hydrogen-bond acceptors (Lipinski definition) is 5. The molecule has 23 heavy (non-hydrogen) atoms. The molecular formula is C18H13NO3S. The topological polar surface area (TPSA) is 63.3 Å². The van der Waals surface area contributed by atoms with E-state index >= 15 is 0 Å². The Labute approximate surface area is 136 Å². The van der Waals surface area contributed by atoms with Gasteiger partial charge in [-0.05, 0) is 54.8 Å². The molecule has 0 atom stereocenters. The van der Waals surface area contributed by atoms with E-state index in [1.54, 1.807) is 24.5 Å². The zero-order valence-corrected chi connectivity index (χ0v) is 13.0. The third-order valence-corrected chi connectivity index (χ3v) is 4.74. The molecule has 0 aliphatic heterocycles. The zero-order chi connectivity index (χ0) is 15.8. The number of phenols is 1. The summed E-state index contributed by atoms with van der Waals surface area (Å²) < 4.78 is 5.34. The number of nitrogens with zero attached hydrogens (tertiary/aromatic N) is 1. The van der Waals surface area contributed by atoms with Gasteiger partial charge in [0.15, 0.2) is 16.6 Å². The largest absolute Gasteiger partial charge is 0.508 e. The molecule has 2 heterocycles. The summed E-state index contributed by atoms with van der Waals surface area (Å²) in [4.78, 5) is 17.1. The van der Waals surface area contributed by atoms with Gasteiger partial charge in [0.1, 0.15) is 5.75 Å². The fourth-order valence-electron chi connectivity index (χ4n) is 2.75. The van der Waals surface area contributed by atoms with E-state index in [1.165, 1.54) is 11.3 Å². The van der Waals surface area contributed by atoms with Gasteiger partial charge in [0, 0.05) is 16.5 Å². The van der Waals surface area contributed by atoms with E-state index in [1.807, 2.05) is 23.6 Å². The molecular weight excluding hydrogens is 310 g/mol. The Hall–Kier alpha value is -2.66. The van der Waals surface area contributed by atoms with Gasteiger partial charge in [0.2, 0.25) is 0 Å². The zero-order valence-electron chi connectivity index (χ0n) is 12.2. The van der Waals surface area contributed by atoms with Crippen molar-refractivity contribution in [1.29, 1.82) is 0 Å². The van der Waals surface area contributed by atoms with Crippen LogP contribution in [0.4, 0.5) is 0 Å². The number of fused-ring (bicyclic) bond motifs is 1. The summed E-state index contributed by atoms with van der Waals surface area (Å²) in [7, 11) is 0. The van der Waals surface area contributed by atoms with Crippen LogP contribution in [0.2, 0.25) is 0 Å². The number of rotatable bonds is 2. The molecule has 0 amide bonds. The van der Waals surface area contributed by atoms with Crippen molar-refractivity contribution in [2.75, 3.05) is 0 Å². The summed E-state index contributed by atoms with van der Waals surface area (Å²) in [6.45, 7) is 0. The van der Waals surface area contributed by atoms with Crippen LogP contribution in [0, 0.1) is 0 Å². The van der Waals surface area contributed by atoms with Crippen LogP contribution in [0.3, 0.4) is 0 Å². The summed E-state index contributed by atoms with van der Waals surface area (Å²) in [6, 6.07) is 8.60. The van der Waals surface area contributed by atoms with Gasteiger partial charge in [0.25, 0.3) is 0 Å². The summed E-state index contributed by atoms with van der Waals surface area (Å²) in [6.07, 6.45) is 4.87. The molecule has 3 aromatic rings. The predicted octanol–water partition coefficient (Wildman–Crippen LogP) is 4.32. The van der Waals surface area contributed by atoms with Crippen molar-refractivity contribution >= 4 is 23.2 Å². The van der Waals surface area contributed by atoms with Crippen molar-refractivity contribution in [1.82, 2.24) is 4.98 Å². The molecule has 0 fully saturated rings. The molecule has 2 aromatic heterocycles. The number of hydrogen-bond donors (Lipinski definition) is 1. The van der Waals surface area contributed by atoms with E-state index in [0.717, 1.165) is 34.0 Å². The van der Waals surface area contributed by atoms with Crippen LogP contribution in [0.25, 0.3) is 16.8 Å². The minimum absolute atomic E-state index is 0.0128. The second kappa shape index (κ2) is 5.52. The molecule has 4 nitrogen and oxygen atoms in total. The maximum atomic E-state index is 12.6. The number of aryl methyl sites for hydroxylation is 1. The lowest BCUT2D eigenvalue weighted by atomic mass is 9.86.